The molecule has 156 valence electrons. The number of guanidine groups is 1. The Hall–Kier alpha value is -2.08. The Morgan fingerprint density at radius 2 is 1.82 bits per heavy atom. The molecule has 1 heterocycles. The summed E-state index contributed by atoms with van der Waals surface area (Å²) < 4.78 is 5.72. The number of carbonyl (C=O) groups is 1. The molecule has 0 saturated carbocycles. The van der Waals surface area contributed by atoms with Crippen LogP contribution < -0.4 is 10.6 Å². The normalized spacial score (nSPS) is 20.4. The van der Waals surface area contributed by atoms with E-state index in [2.05, 4.69) is 36.4 Å². The first-order valence-electron chi connectivity index (χ1n) is 10.4. The Bertz CT molecular complexity index is 632. The van der Waals surface area contributed by atoms with Gasteiger partial charge in [0.25, 0.3) is 5.91 Å². The minimum atomic E-state index is 0.0701. The topological polar surface area (TPSA) is 66.0 Å². The van der Waals surface area contributed by atoms with Gasteiger partial charge in [-0.2, -0.15) is 0 Å². The van der Waals surface area contributed by atoms with Crippen LogP contribution in [0.15, 0.2) is 29.3 Å². The SMILES string of the molecule is CCNC(=NCc1ccc(C(=O)N2CC(C)OC(C)C2)cc1)NCCC(C)C. The van der Waals surface area contributed by atoms with Crippen LogP contribution in [0.1, 0.15) is 57.0 Å². The summed E-state index contributed by atoms with van der Waals surface area (Å²) >= 11 is 0. The molecule has 1 aromatic carbocycles. The highest BCUT2D eigenvalue weighted by Gasteiger charge is 2.26. The maximum absolute atomic E-state index is 12.7. The molecule has 6 heteroatoms. The van der Waals surface area contributed by atoms with Crippen LogP contribution in [0.5, 0.6) is 0 Å². The maximum Gasteiger partial charge on any atom is 0.254 e. The summed E-state index contributed by atoms with van der Waals surface area (Å²) in [5, 5.41) is 6.64. The maximum atomic E-state index is 12.7. The van der Waals surface area contributed by atoms with Gasteiger partial charge in [0.1, 0.15) is 0 Å². The molecule has 1 aromatic rings. The first-order chi connectivity index (χ1) is 13.4. The molecule has 1 aliphatic heterocycles. The van der Waals surface area contributed by atoms with Gasteiger partial charge in [0.2, 0.25) is 0 Å². The van der Waals surface area contributed by atoms with Crippen LogP contribution in [0.3, 0.4) is 0 Å². The van der Waals surface area contributed by atoms with E-state index in [0.717, 1.165) is 36.6 Å². The van der Waals surface area contributed by atoms with Gasteiger partial charge in [-0.25, -0.2) is 4.99 Å². The number of ether oxygens (including phenoxy) is 1. The summed E-state index contributed by atoms with van der Waals surface area (Å²) in [6.45, 7) is 14.1. The summed E-state index contributed by atoms with van der Waals surface area (Å²) in [7, 11) is 0. The quantitative estimate of drug-likeness (QED) is 0.557. The average molecular weight is 389 g/mol. The highest BCUT2D eigenvalue weighted by molar-refractivity contribution is 5.94. The van der Waals surface area contributed by atoms with E-state index in [1.165, 1.54) is 0 Å². The first kappa shape index (κ1) is 22.2. The molecule has 2 N–H and O–H groups in total. The fourth-order valence-corrected chi connectivity index (χ4v) is 3.27. The Balaban J connectivity index is 1.94. The molecule has 2 unspecified atom stereocenters. The van der Waals surface area contributed by atoms with Crippen molar-refractivity contribution in [1.29, 1.82) is 0 Å². The average Bonchev–Trinajstić information content (AvgIpc) is 2.65. The Morgan fingerprint density at radius 1 is 1.18 bits per heavy atom. The van der Waals surface area contributed by atoms with Gasteiger partial charge in [-0.05, 0) is 50.8 Å². The van der Waals surface area contributed by atoms with Gasteiger partial charge in [0.05, 0.1) is 18.8 Å². The Labute approximate surface area is 169 Å². The number of carbonyl (C=O) groups excluding carboxylic acids is 1. The monoisotopic (exact) mass is 388 g/mol. The van der Waals surface area contributed by atoms with Gasteiger partial charge in [-0.3, -0.25) is 4.79 Å². The zero-order valence-electron chi connectivity index (χ0n) is 18.0. The number of nitrogens with zero attached hydrogens (tertiary/aromatic N) is 2. The van der Waals surface area contributed by atoms with Gasteiger partial charge in [0.15, 0.2) is 5.96 Å². The number of benzene rings is 1. The zero-order chi connectivity index (χ0) is 20.5. The van der Waals surface area contributed by atoms with Crippen molar-refractivity contribution in [3.8, 4) is 0 Å². The molecule has 1 saturated heterocycles. The van der Waals surface area contributed by atoms with Gasteiger partial charge in [-0.15, -0.1) is 0 Å². The molecule has 1 aliphatic rings. The predicted octanol–water partition coefficient (Wildman–Crippen LogP) is 3.04. The summed E-state index contributed by atoms with van der Waals surface area (Å²) in [5.41, 5.74) is 1.80. The van der Waals surface area contributed by atoms with Crippen LogP contribution in [0.4, 0.5) is 0 Å². The van der Waals surface area contributed by atoms with Crippen molar-refractivity contribution >= 4 is 11.9 Å². The second-order valence-electron chi connectivity index (χ2n) is 7.97. The van der Waals surface area contributed by atoms with E-state index in [1.807, 2.05) is 43.0 Å². The van der Waals surface area contributed by atoms with Crippen molar-refractivity contribution < 1.29 is 9.53 Å². The van der Waals surface area contributed by atoms with Gasteiger partial charge in [-0.1, -0.05) is 26.0 Å². The molecule has 28 heavy (non-hydrogen) atoms. The number of amides is 1. The highest BCUT2D eigenvalue weighted by Crippen LogP contribution is 2.15. The lowest BCUT2D eigenvalue weighted by Gasteiger charge is -2.35. The van der Waals surface area contributed by atoms with Crippen molar-refractivity contribution in [1.82, 2.24) is 15.5 Å². The van der Waals surface area contributed by atoms with Crippen LogP contribution >= 0.6 is 0 Å². The molecule has 0 aliphatic carbocycles. The summed E-state index contributed by atoms with van der Waals surface area (Å²) in [6.07, 6.45) is 1.27. The molecule has 1 amide bonds. The number of rotatable bonds is 7. The molecule has 2 atom stereocenters. The molecule has 0 spiro atoms. The second kappa shape index (κ2) is 11.1. The van der Waals surface area contributed by atoms with E-state index in [0.29, 0.717) is 25.6 Å². The number of hydrogen-bond donors (Lipinski definition) is 2. The number of morpholine rings is 1. The molecule has 0 aromatic heterocycles. The third-order valence-corrected chi connectivity index (χ3v) is 4.69. The molecular formula is C22H36N4O2. The van der Waals surface area contributed by atoms with Crippen LogP contribution in [-0.4, -0.2) is 55.2 Å². The van der Waals surface area contributed by atoms with E-state index in [1.54, 1.807) is 0 Å². The minimum Gasteiger partial charge on any atom is -0.372 e. The lowest BCUT2D eigenvalue weighted by Crippen LogP contribution is -2.48. The van der Waals surface area contributed by atoms with E-state index in [4.69, 9.17) is 4.74 Å². The summed E-state index contributed by atoms with van der Waals surface area (Å²) in [5.74, 6) is 1.57. The van der Waals surface area contributed by atoms with Crippen molar-refractivity contribution in [2.45, 2.75) is 59.8 Å². The fraction of sp³-hybridized carbons (Fsp3) is 0.636. The van der Waals surface area contributed by atoms with E-state index < -0.39 is 0 Å². The van der Waals surface area contributed by atoms with Crippen LogP contribution in [-0.2, 0) is 11.3 Å². The van der Waals surface area contributed by atoms with Gasteiger partial charge < -0.3 is 20.3 Å². The number of aliphatic imine (C=N–C) groups is 1. The molecule has 0 bridgehead atoms. The number of nitrogens with one attached hydrogen (secondary N) is 2. The first-order valence-corrected chi connectivity index (χ1v) is 10.4. The summed E-state index contributed by atoms with van der Waals surface area (Å²) in [6, 6.07) is 7.78. The molecule has 0 radical (unpaired) electrons. The molecule has 1 fully saturated rings. The zero-order valence-corrected chi connectivity index (χ0v) is 18.0. The van der Waals surface area contributed by atoms with E-state index >= 15 is 0 Å². The van der Waals surface area contributed by atoms with E-state index in [9.17, 15) is 4.79 Å². The Kier molecular flexibility index (Phi) is 8.77. The van der Waals surface area contributed by atoms with Crippen LogP contribution in [0.2, 0.25) is 0 Å². The van der Waals surface area contributed by atoms with Crippen molar-refractivity contribution in [2.24, 2.45) is 10.9 Å². The van der Waals surface area contributed by atoms with Crippen LogP contribution in [0.25, 0.3) is 0 Å². The smallest absolute Gasteiger partial charge is 0.254 e. The minimum absolute atomic E-state index is 0.0701. The standard InChI is InChI=1S/C22H36N4O2/c1-6-23-22(24-12-11-16(2)3)25-13-19-7-9-20(10-8-19)21(27)26-14-17(4)28-18(5)15-26/h7-10,16-18H,6,11-15H2,1-5H3,(H2,23,24,25). The molecular weight excluding hydrogens is 352 g/mol. The molecule has 2 rings (SSSR count). The lowest BCUT2D eigenvalue weighted by molar-refractivity contribution is -0.0586. The highest BCUT2D eigenvalue weighted by atomic mass is 16.5. The third-order valence-electron chi connectivity index (χ3n) is 4.69. The molecule has 6 nitrogen and oxygen atoms in total. The van der Waals surface area contributed by atoms with Crippen molar-refractivity contribution in [3.63, 3.8) is 0 Å². The third kappa shape index (κ3) is 7.15. The van der Waals surface area contributed by atoms with Crippen molar-refractivity contribution in [2.75, 3.05) is 26.2 Å². The second-order valence-corrected chi connectivity index (χ2v) is 7.97. The van der Waals surface area contributed by atoms with Crippen molar-refractivity contribution in [3.05, 3.63) is 35.4 Å². The number of hydrogen-bond acceptors (Lipinski definition) is 3. The fourth-order valence-electron chi connectivity index (χ4n) is 3.27. The van der Waals surface area contributed by atoms with Crippen LogP contribution in [0, 0.1) is 5.92 Å². The lowest BCUT2D eigenvalue weighted by atomic mass is 10.1. The van der Waals surface area contributed by atoms with Gasteiger partial charge in [0, 0.05) is 31.7 Å². The largest absolute Gasteiger partial charge is 0.372 e. The van der Waals surface area contributed by atoms with E-state index in [-0.39, 0.29) is 18.1 Å². The summed E-state index contributed by atoms with van der Waals surface area (Å²) in [4.78, 5) is 19.3. The Morgan fingerprint density at radius 3 is 2.39 bits per heavy atom. The predicted molar refractivity (Wildman–Crippen MR) is 115 cm³/mol. The van der Waals surface area contributed by atoms with Gasteiger partial charge >= 0.3 is 0 Å².